The standard InChI is InChI=1S/C19H22ClO/c1-3-15-8-6-11-17(14-15)19-16(9-4-5-13-21-2)10-7-12-18(19)20/h6-12,14H,3-5,13H2,1-2H3. The van der Waals surface area contributed by atoms with E-state index in [2.05, 4.69) is 43.7 Å². The fourth-order valence-corrected chi connectivity index (χ4v) is 2.74. The van der Waals surface area contributed by atoms with Gasteiger partial charge in [-0.1, -0.05) is 54.9 Å². The number of benzene rings is 2. The molecule has 2 heteroatoms. The van der Waals surface area contributed by atoms with Crippen LogP contribution in [-0.2, 0) is 11.2 Å². The Balaban J connectivity index is 2.28. The first kappa shape index (κ1) is 16.1. The highest BCUT2D eigenvalue weighted by atomic mass is 35.5. The Morgan fingerprint density at radius 2 is 1.95 bits per heavy atom. The lowest BCUT2D eigenvalue weighted by molar-refractivity contribution is 0.195. The van der Waals surface area contributed by atoms with Crippen LogP contribution in [0.25, 0.3) is 11.1 Å². The minimum absolute atomic E-state index is 0.789. The van der Waals surface area contributed by atoms with Crippen LogP contribution in [0.15, 0.2) is 42.5 Å². The number of aryl methyl sites for hydroxylation is 1. The van der Waals surface area contributed by atoms with Crippen LogP contribution >= 0.6 is 11.6 Å². The average Bonchev–Trinajstić information content (AvgIpc) is 2.51. The zero-order valence-corrected chi connectivity index (χ0v) is 13.5. The molecule has 0 unspecified atom stereocenters. The summed E-state index contributed by atoms with van der Waals surface area (Å²) in [7, 11) is 1.74. The van der Waals surface area contributed by atoms with E-state index in [0.29, 0.717) is 0 Å². The van der Waals surface area contributed by atoms with Gasteiger partial charge >= 0.3 is 0 Å². The van der Waals surface area contributed by atoms with Gasteiger partial charge in [0.25, 0.3) is 0 Å². The molecule has 2 aromatic rings. The van der Waals surface area contributed by atoms with Gasteiger partial charge in [0, 0.05) is 24.3 Å². The predicted molar refractivity (Wildman–Crippen MR) is 90.8 cm³/mol. The van der Waals surface area contributed by atoms with E-state index in [0.717, 1.165) is 36.5 Å². The van der Waals surface area contributed by atoms with Crippen LogP contribution in [0.2, 0.25) is 5.02 Å². The molecular weight excluding hydrogens is 280 g/mol. The second-order valence-corrected chi connectivity index (χ2v) is 5.50. The smallest absolute Gasteiger partial charge is 0.0487 e. The first-order chi connectivity index (χ1) is 10.3. The molecule has 1 radical (unpaired) electrons. The summed E-state index contributed by atoms with van der Waals surface area (Å²) in [5.41, 5.74) is 4.86. The van der Waals surface area contributed by atoms with Crippen molar-refractivity contribution in [3.05, 3.63) is 65.0 Å². The summed E-state index contributed by atoms with van der Waals surface area (Å²) in [5.74, 6) is 0. The first-order valence-electron chi connectivity index (χ1n) is 7.46. The number of methoxy groups -OCH3 is 1. The summed E-state index contributed by atoms with van der Waals surface area (Å²) in [4.78, 5) is 0. The topological polar surface area (TPSA) is 9.23 Å². The maximum Gasteiger partial charge on any atom is 0.0487 e. The number of hydrogen-bond donors (Lipinski definition) is 0. The molecule has 0 heterocycles. The molecule has 2 rings (SSSR count). The van der Waals surface area contributed by atoms with Crippen molar-refractivity contribution in [1.29, 1.82) is 0 Å². The molecule has 0 N–H and O–H groups in total. The molecular formula is C19H22ClO. The van der Waals surface area contributed by atoms with Gasteiger partial charge in [-0.2, -0.15) is 0 Å². The fourth-order valence-electron chi connectivity index (χ4n) is 2.45. The van der Waals surface area contributed by atoms with E-state index in [1.165, 1.54) is 16.7 Å². The Morgan fingerprint density at radius 1 is 1.14 bits per heavy atom. The third kappa shape index (κ3) is 4.33. The van der Waals surface area contributed by atoms with Gasteiger partial charge in [-0.25, -0.2) is 0 Å². The van der Waals surface area contributed by atoms with E-state index in [1.807, 2.05) is 12.1 Å². The van der Waals surface area contributed by atoms with Crippen molar-refractivity contribution in [3.63, 3.8) is 0 Å². The molecule has 0 fully saturated rings. The monoisotopic (exact) mass is 301 g/mol. The Bertz CT molecular complexity index is 578. The number of rotatable bonds is 7. The Labute approximate surface area is 132 Å². The highest BCUT2D eigenvalue weighted by Crippen LogP contribution is 2.33. The summed E-state index contributed by atoms with van der Waals surface area (Å²) >= 11 is 6.45. The summed E-state index contributed by atoms with van der Waals surface area (Å²) in [6.45, 7) is 2.96. The second kappa shape index (κ2) is 8.21. The van der Waals surface area contributed by atoms with Crippen LogP contribution in [0, 0.1) is 6.42 Å². The van der Waals surface area contributed by atoms with Crippen molar-refractivity contribution in [2.24, 2.45) is 0 Å². The molecule has 0 bridgehead atoms. The second-order valence-electron chi connectivity index (χ2n) is 5.10. The Hall–Kier alpha value is -1.31. The van der Waals surface area contributed by atoms with Crippen molar-refractivity contribution in [2.75, 3.05) is 13.7 Å². The van der Waals surface area contributed by atoms with Crippen LogP contribution < -0.4 is 0 Å². The number of unbranched alkanes of at least 4 members (excludes halogenated alkanes) is 1. The summed E-state index contributed by atoms with van der Waals surface area (Å²) in [5, 5.41) is 0.809. The quantitative estimate of drug-likeness (QED) is 0.609. The predicted octanol–water partition coefficient (Wildman–Crippen LogP) is 5.55. The van der Waals surface area contributed by atoms with Gasteiger partial charge in [0.1, 0.15) is 0 Å². The van der Waals surface area contributed by atoms with Gasteiger partial charge in [0.15, 0.2) is 0 Å². The maximum absolute atomic E-state index is 6.45. The highest BCUT2D eigenvalue weighted by Gasteiger charge is 2.10. The van der Waals surface area contributed by atoms with Crippen molar-refractivity contribution < 1.29 is 4.74 Å². The minimum Gasteiger partial charge on any atom is -0.385 e. The van der Waals surface area contributed by atoms with Crippen LogP contribution in [0.1, 0.15) is 30.9 Å². The molecule has 1 nitrogen and oxygen atoms in total. The average molecular weight is 302 g/mol. The normalized spacial score (nSPS) is 10.8. The number of hydrogen-bond acceptors (Lipinski definition) is 1. The number of ether oxygens (including phenoxy) is 1. The molecule has 2 aromatic carbocycles. The van der Waals surface area contributed by atoms with Crippen molar-refractivity contribution in [2.45, 2.75) is 26.2 Å². The molecule has 0 saturated heterocycles. The SMILES string of the molecule is CCc1cccc(-c2c(Cl)cccc2[CH]CCCOC)c1. The Kier molecular flexibility index (Phi) is 6.28. The van der Waals surface area contributed by atoms with E-state index >= 15 is 0 Å². The maximum atomic E-state index is 6.45. The molecule has 0 atom stereocenters. The Morgan fingerprint density at radius 3 is 2.71 bits per heavy atom. The van der Waals surface area contributed by atoms with Gasteiger partial charge in [-0.15, -0.1) is 0 Å². The molecule has 21 heavy (non-hydrogen) atoms. The van der Waals surface area contributed by atoms with Crippen molar-refractivity contribution in [3.8, 4) is 11.1 Å². The van der Waals surface area contributed by atoms with E-state index < -0.39 is 0 Å². The highest BCUT2D eigenvalue weighted by molar-refractivity contribution is 6.33. The van der Waals surface area contributed by atoms with Gasteiger partial charge in [-0.3, -0.25) is 0 Å². The van der Waals surface area contributed by atoms with Gasteiger partial charge in [0.2, 0.25) is 0 Å². The van der Waals surface area contributed by atoms with Crippen molar-refractivity contribution in [1.82, 2.24) is 0 Å². The van der Waals surface area contributed by atoms with E-state index in [9.17, 15) is 0 Å². The van der Waals surface area contributed by atoms with Gasteiger partial charge < -0.3 is 4.74 Å². The lowest BCUT2D eigenvalue weighted by atomic mass is 9.94. The third-order valence-electron chi connectivity index (χ3n) is 3.59. The van der Waals surface area contributed by atoms with Crippen LogP contribution in [0.5, 0.6) is 0 Å². The van der Waals surface area contributed by atoms with Gasteiger partial charge in [0.05, 0.1) is 0 Å². The molecule has 0 spiro atoms. The van der Waals surface area contributed by atoms with Crippen LogP contribution in [-0.4, -0.2) is 13.7 Å². The molecule has 0 saturated carbocycles. The molecule has 0 amide bonds. The molecule has 111 valence electrons. The summed E-state index contributed by atoms with van der Waals surface area (Å²) in [6.07, 6.45) is 5.30. The first-order valence-corrected chi connectivity index (χ1v) is 7.84. The minimum atomic E-state index is 0.789. The zero-order valence-electron chi connectivity index (χ0n) is 12.7. The largest absolute Gasteiger partial charge is 0.385 e. The lowest BCUT2D eigenvalue weighted by Gasteiger charge is -2.12. The van der Waals surface area contributed by atoms with Crippen LogP contribution in [0.4, 0.5) is 0 Å². The van der Waals surface area contributed by atoms with Gasteiger partial charge in [-0.05, 0) is 48.4 Å². The number of halogens is 1. The summed E-state index contributed by atoms with van der Waals surface area (Å²) < 4.78 is 5.10. The fraction of sp³-hybridized carbons (Fsp3) is 0.316. The van der Waals surface area contributed by atoms with Crippen molar-refractivity contribution >= 4 is 11.6 Å². The third-order valence-corrected chi connectivity index (χ3v) is 3.90. The molecule has 0 aliphatic heterocycles. The van der Waals surface area contributed by atoms with E-state index in [-0.39, 0.29) is 0 Å². The zero-order chi connectivity index (χ0) is 15.1. The van der Waals surface area contributed by atoms with E-state index in [1.54, 1.807) is 7.11 Å². The molecule has 0 aromatic heterocycles. The van der Waals surface area contributed by atoms with Crippen LogP contribution in [0.3, 0.4) is 0 Å². The molecule has 0 aliphatic rings. The van der Waals surface area contributed by atoms with E-state index in [4.69, 9.17) is 16.3 Å². The summed E-state index contributed by atoms with van der Waals surface area (Å²) in [6, 6.07) is 14.7. The molecule has 0 aliphatic carbocycles. The lowest BCUT2D eigenvalue weighted by Crippen LogP contribution is -1.93.